The van der Waals surface area contributed by atoms with Crippen molar-refractivity contribution >= 4 is 0 Å². The average Bonchev–Trinajstić information content (AvgIpc) is 3.10. The first-order chi connectivity index (χ1) is 11.6. The molecule has 2 aromatic heterocycles. The van der Waals surface area contributed by atoms with Crippen LogP contribution >= 0.6 is 0 Å². The lowest BCUT2D eigenvalue weighted by molar-refractivity contribution is 0.0115. The van der Waals surface area contributed by atoms with Crippen molar-refractivity contribution in [2.45, 2.75) is 33.4 Å². The van der Waals surface area contributed by atoms with Crippen LogP contribution in [0.5, 0.6) is 0 Å². The summed E-state index contributed by atoms with van der Waals surface area (Å²) in [4.78, 5) is 2.44. The second-order valence-electron chi connectivity index (χ2n) is 6.52. The normalized spacial score (nSPS) is 17.3. The Morgan fingerprint density at radius 3 is 2.54 bits per heavy atom. The van der Waals surface area contributed by atoms with Crippen LogP contribution in [0, 0.1) is 20.8 Å². The Bertz CT molecular complexity index is 671. The van der Waals surface area contributed by atoms with Crippen molar-refractivity contribution in [3.63, 3.8) is 0 Å². The van der Waals surface area contributed by atoms with E-state index in [2.05, 4.69) is 35.2 Å². The van der Waals surface area contributed by atoms with Crippen molar-refractivity contribution in [2.75, 3.05) is 32.8 Å². The number of hydrogen-bond donors (Lipinski definition) is 1. The molecule has 2 aromatic rings. The molecule has 1 N–H and O–H groups in total. The predicted octanol–water partition coefficient (Wildman–Crippen LogP) is 2.10. The highest BCUT2D eigenvalue weighted by molar-refractivity contribution is 5.24. The highest BCUT2D eigenvalue weighted by Crippen LogP contribution is 2.23. The van der Waals surface area contributed by atoms with E-state index in [1.54, 1.807) is 0 Å². The van der Waals surface area contributed by atoms with Gasteiger partial charge in [-0.1, -0.05) is 0 Å². The molecular formula is C18H28N4O2. The fourth-order valence-corrected chi connectivity index (χ4v) is 3.34. The molecule has 1 atom stereocenters. The van der Waals surface area contributed by atoms with Gasteiger partial charge in [-0.25, -0.2) is 0 Å². The van der Waals surface area contributed by atoms with Crippen molar-refractivity contribution in [2.24, 2.45) is 7.05 Å². The van der Waals surface area contributed by atoms with E-state index in [0.29, 0.717) is 0 Å². The van der Waals surface area contributed by atoms with Crippen molar-refractivity contribution < 1.29 is 9.15 Å². The summed E-state index contributed by atoms with van der Waals surface area (Å²) in [6.45, 7) is 11.3. The van der Waals surface area contributed by atoms with Gasteiger partial charge < -0.3 is 14.5 Å². The predicted molar refractivity (Wildman–Crippen MR) is 93.0 cm³/mol. The fourth-order valence-electron chi connectivity index (χ4n) is 3.34. The third-order valence-electron chi connectivity index (χ3n) is 4.87. The smallest absolute Gasteiger partial charge is 0.122 e. The molecule has 1 aliphatic heterocycles. The molecule has 3 heterocycles. The van der Waals surface area contributed by atoms with E-state index in [4.69, 9.17) is 9.15 Å². The Morgan fingerprint density at radius 2 is 1.96 bits per heavy atom. The minimum atomic E-state index is 0.236. The number of furan rings is 1. The van der Waals surface area contributed by atoms with Crippen molar-refractivity contribution in [1.29, 1.82) is 0 Å². The molecule has 6 nitrogen and oxygen atoms in total. The van der Waals surface area contributed by atoms with Gasteiger partial charge in [-0.2, -0.15) is 5.10 Å². The Hall–Kier alpha value is -1.63. The van der Waals surface area contributed by atoms with Crippen LogP contribution < -0.4 is 5.32 Å². The van der Waals surface area contributed by atoms with E-state index in [9.17, 15) is 0 Å². The molecule has 132 valence electrons. The zero-order chi connectivity index (χ0) is 17.1. The molecule has 6 heteroatoms. The molecule has 24 heavy (non-hydrogen) atoms. The molecular weight excluding hydrogens is 304 g/mol. The minimum Gasteiger partial charge on any atom is -0.465 e. The number of hydrogen-bond acceptors (Lipinski definition) is 5. The fraction of sp³-hybridized carbons (Fsp3) is 0.611. The van der Waals surface area contributed by atoms with Gasteiger partial charge in [0.15, 0.2) is 0 Å². The summed E-state index contributed by atoms with van der Waals surface area (Å²) in [5.74, 6) is 1.99. The summed E-state index contributed by atoms with van der Waals surface area (Å²) in [6, 6.07) is 4.37. The van der Waals surface area contributed by atoms with Crippen LogP contribution in [0.15, 0.2) is 16.5 Å². The van der Waals surface area contributed by atoms with Gasteiger partial charge in [0.25, 0.3) is 0 Å². The highest BCUT2D eigenvalue weighted by atomic mass is 16.5. The van der Waals surface area contributed by atoms with Crippen LogP contribution in [0.25, 0.3) is 0 Å². The van der Waals surface area contributed by atoms with Gasteiger partial charge >= 0.3 is 0 Å². The zero-order valence-corrected chi connectivity index (χ0v) is 15.1. The van der Waals surface area contributed by atoms with Crippen LogP contribution in [0.2, 0.25) is 0 Å². The monoisotopic (exact) mass is 332 g/mol. The third-order valence-corrected chi connectivity index (χ3v) is 4.87. The third kappa shape index (κ3) is 3.71. The number of nitrogens with zero attached hydrogens (tertiary/aromatic N) is 3. The summed E-state index contributed by atoms with van der Waals surface area (Å²) >= 11 is 0. The molecule has 1 saturated heterocycles. The van der Waals surface area contributed by atoms with Gasteiger partial charge in [-0.3, -0.25) is 9.58 Å². The van der Waals surface area contributed by atoms with E-state index in [1.165, 1.54) is 11.3 Å². The molecule has 0 aliphatic carbocycles. The first kappa shape index (κ1) is 17.2. The quantitative estimate of drug-likeness (QED) is 0.878. The Kier molecular flexibility index (Phi) is 5.38. The standard InChI is InChI=1S/C18H28N4O2/c1-13-5-6-18(24-13)17(22-7-9-23-10-8-22)12-19-11-16-14(2)20-21(4)15(16)3/h5-6,17,19H,7-12H2,1-4H3. The summed E-state index contributed by atoms with van der Waals surface area (Å²) in [6.07, 6.45) is 0. The number of morpholine rings is 1. The summed E-state index contributed by atoms with van der Waals surface area (Å²) < 4.78 is 13.4. The summed E-state index contributed by atoms with van der Waals surface area (Å²) in [5.41, 5.74) is 3.60. The van der Waals surface area contributed by atoms with Crippen LogP contribution in [-0.2, 0) is 18.3 Å². The molecule has 0 amide bonds. The maximum Gasteiger partial charge on any atom is 0.122 e. The Labute approximate surface area is 143 Å². The average molecular weight is 332 g/mol. The number of ether oxygens (including phenoxy) is 1. The van der Waals surface area contributed by atoms with Gasteiger partial charge in [0.2, 0.25) is 0 Å². The molecule has 0 spiro atoms. The van der Waals surface area contributed by atoms with Gasteiger partial charge in [-0.05, 0) is 32.9 Å². The number of rotatable bonds is 6. The first-order valence-electron chi connectivity index (χ1n) is 8.64. The molecule has 0 bridgehead atoms. The second-order valence-corrected chi connectivity index (χ2v) is 6.52. The maximum atomic E-state index is 5.91. The van der Waals surface area contributed by atoms with Crippen LogP contribution in [0.3, 0.4) is 0 Å². The maximum absolute atomic E-state index is 5.91. The van der Waals surface area contributed by atoms with E-state index in [-0.39, 0.29) is 6.04 Å². The van der Waals surface area contributed by atoms with Gasteiger partial charge in [0.1, 0.15) is 11.5 Å². The van der Waals surface area contributed by atoms with Crippen LogP contribution in [-0.4, -0.2) is 47.5 Å². The molecule has 1 fully saturated rings. The lowest BCUT2D eigenvalue weighted by atomic mass is 10.1. The Morgan fingerprint density at radius 1 is 1.21 bits per heavy atom. The molecule has 0 saturated carbocycles. The number of aryl methyl sites for hydroxylation is 3. The van der Waals surface area contributed by atoms with E-state index >= 15 is 0 Å². The lowest BCUT2D eigenvalue weighted by Crippen LogP contribution is -2.42. The van der Waals surface area contributed by atoms with E-state index in [1.807, 2.05) is 24.7 Å². The van der Waals surface area contributed by atoms with Crippen molar-refractivity contribution in [3.8, 4) is 0 Å². The van der Waals surface area contributed by atoms with Crippen LogP contribution in [0.1, 0.15) is 34.5 Å². The minimum absolute atomic E-state index is 0.236. The number of nitrogens with one attached hydrogen (secondary N) is 1. The molecule has 1 unspecified atom stereocenters. The first-order valence-corrected chi connectivity index (χ1v) is 8.64. The summed E-state index contributed by atoms with van der Waals surface area (Å²) in [7, 11) is 1.99. The number of aromatic nitrogens is 2. The van der Waals surface area contributed by atoms with Gasteiger partial charge in [0, 0.05) is 44.5 Å². The van der Waals surface area contributed by atoms with Gasteiger partial charge in [-0.15, -0.1) is 0 Å². The highest BCUT2D eigenvalue weighted by Gasteiger charge is 2.25. The largest absolute Gasteiger partial charge is 0.465 e. The van der Waals surface area contributed by atoms with E-state index in [0.717, 1.165) is 56.6 Å². The SMILES string of the molecule is Cc1ccc(C(CNCc2c(C)nn(C)c2C)N2CCOCC2)o1. The zero-order valence-electron chi connectivity index (χ0n) is 15.1. The van der Waals surface area contributed by atoms with Crippen molar-refractivity contribution in [3.05, 3.63) is 40.6 Å². The van der Waals surface area contributed by atoms with Crippen molar-refractivity contribution in [1.82, 2.24) is 20.0 Å². The van der Waals surface area contributed by atoms with Crippen LogP contribution in [0.4, 0.5) is 0 Å². The summed E-state index contributed by atoms with van der Waals surface area (Å²) in [5, 5.41) is 8.10. The molecule has 0 radical (unpaired) electrons. The topological polar surface area (TPSA) is 55.5 Å². The lowest BCUT2D eigenvalue weighted by Gasteiger charge is -2.33. The Balaban J connectivity index is 1.67. The second kappa shape index (κ2) is 7.51. The molecule has 3 rings (SSSR count). The van der Waals surface area contributed by atoms with E-state index < -0.39 is 0 Å². The van der Waals surface area contributed by atoms with Gasteiger partial charge in [0.05, 0.1) is 24.9 Å². The molecule has 0 aromatic carbocycles. The molecule has 1 aliphatic rings.